The molecule has 0 atom stereocenters. The summed E-state index contributed by atoms with van der Waals surface area (Å²) in [4.78, 5) is 11.0. The van der Waals surface area contributed by atoms with E-state index >= 15 is 0 Å². The Labute approximate surface area is 106 Å². The van der Waals surface area contributed by atoms with Gasteiger partial charge in [0.2, 0.25) is 0 Å². The molecule has 0 saturated heterocycles. The zero-order valence-electron chi connectivity index (χ0n) is 10.9. The summed E-state index contributed by atoms with van der Waals surface area (Å²) in [7, 11) is 1.91. The molecule has 0 fully saturated rings. The van der Waals surface area contributed by atoms with Crippen molar-refractivity contribution in [1.82, 2.24) is 9.88 Å². The fourth-order valence-corrected chi connectivity index (χ4v) is 2.34. The molecule has 0 aliphatic carbocycles. The van der Waals surface area contributed by atoms with Gasteiger partial charge in [0, 0.05) is 23.8 Å². The zero-order valence-corrected chi connectivity index (χ0v) is 10.9. The van der Waals surface area contributed by atoms with Gasteiger partial charge in [-0.25, -0.2) is 4.79 Å². The lowest BCUT2D eigenvalue weighted by molar-refractivity contribution is 0.0697. The molecule has 1 aromatic carbocycles. The number of nitrogens with one attached hydrogen (secondary N) is 1. The lowest BCUT2D eigenvalue weighted by atomic mass is 10.1. The molecule has 4 nitrogen and oxygen atoms in total. The van der Waals surface area contributed by atoms with Crippen LogP contribution in [-0.2, 0) is 6.54 Å². The fourth-order valence-electron chi connectivity index (χ4n) is 2.34. The van der Waals surface area contributed by atoms with Crippen LogP contribution in [0.1, 0.15) is 35.9 Å². The van der Waals surface area contributed by atoms with Gasteiger partial charge in [0.25, 0.3) is 0 Å². The van der Waals surface area contributed by atoms with Crippen LogP contribution in [0.25, 0.3) is 10.9 Å². The summed E-state index contributed by atoms with van der Waals surface area (Å²) in [6.07, 6.45) is 0. The number of carboxylic acids is 1. The maximum absolute atomic E-state index is 11.0. The van der Waals surface area contributed by atoms with Crippen LogP contribution in [0.2, 0.25) is 0 Å². The second kappa shape index (κ2) is 4.82. The van der Waals surface area contributed by atoms with Crippen molar-refractivity contribution in [2.24, 2.45) is 0 Å². The molecular formula is C14H18N2O2. The first kappa shape index (κ1) is 12.6. The number of carbonyl (C=O) groups is 1. The molecule has 1 heterocycles. The molecule has 0 unspecified atom stereocenters. The van der Waals surface area contributed by atoms with Crippen molar-refractivity contribution in [1.29, 1.82) is 0 Å². The van der Waals surface area contributed by atoms with Gasteiger partial charge in [0.15, 0.2) is 0 Å². The number of aromatic nitrogens is 1. The van der Waals surface area contributed by atoms with Gasteiger partial charge in [-0.3, -0.25) is 0 Å². The van der Waals surface area contributed by atoms with Crippen molar-refractivity contribution in [3.05, 3.63) is 35.5 Å². The van der Waals surface area contributed by atoms with E-state index in [2.05, 4.69) is 29.8 Å². The molecule has 0 aliphatic heterocycles. The molecule has 4 heteroatoms. The van der Waals surface area contributed by atoms with Gasteiger partial charge in [-0.05, 0) is 44.5 Å². The van der Waals surface area contributed by atoms with E-state index < -0.39 is 5.97 Å². The quantitative estimate of drug-likeness (QED) is 0.872. The Kier molecular flexibility index (Phi) is 3.39. The van der Waals surface area contributed by atoms with Gasteiger partial charge in [-0.1, -0.05) is 6.07 Å². The van der Waals surface area contributed by atoms with Crippen molar-refractivity contribution in [3.63, 3.8) is 0 Å². The van der Waals surface area contributed by atoms with Crippen molar-refractivity contribution in [2.45, 2.75) is 26.4 Å². The molecule has 0 radical (unpaired) electrons. The number of hydrogen-bond acceptors (Lipinski definition) is 2. The lowest BCUT2D eigenvalue weighted by Crippen LogP contribution is -2.12. The molecule has 0 amide bonds. The van der Waals surface area contributed by atoms with E-state index in [9.17, 15) is 4.79 Å². The average Bonchev–Trinajstić information content (AvgIpc) is 2.66. The molecule has 0 spiro atoms. The minimum absolute atomic E-state index is 0.301. The summed E-state index contributed by atoms with van der Waals surface area (Å²) in [6.45, 7) is 4.98. The van der Waals surface area contributed by atoms with E-state index in [0.29, 0.717) is 11.6 Å². The first-order valence-electron chi connectivity index (χ1n) is 6.06. The Balaban J connectivity index is 2.67. The Hall–Kier alpha value is -1.81. The monoisotopic (exact) mass is 246 g/mol. The van der Waals surface area contributed by atoms with Crippen molar-refractivity contribution >= 4 is 16.9 Å². The van der Waals surface area contributed by atoms with E-state index in [1.807, 2.05) is 13.1 Å². The summed E-state index contributed by atoms with van der Waals surface area (Å²) in [5.41, 5.74) is 2.48. The van der Waals surface area contributed by atoms with Gasteiger partial charge >= 0.3 is 5.97 Å². The highest BCUT2D eigenvalue weighted by Gasteiger charge is 2.13. The predicted octanol–water partition coefficient (Wildman–Crippen LogP) is 2.64. The molecule has 2 N–H and O–H groups in total. The van der Waals surface area contributed by atoms with Crippen LogP contribution in [-0.4, -0.2) is 22.7 Å². The van der Waals surface area contributed by atoms with Crippen LogP contribution in [0.5, 0.6) is 0 Å². The van der Waals surface area contributed by atoms with Crippen LogP contribution < -0.4 is 5.32 Å². The summed E-state index contributed by atoms with van der Waals surface area (Å²) in [5.74, 6) is -0.886. The number of benzene rings is 1. The molecule has 0 bridgehead atoms. The number of nitrogens with zero attached hydrogens (tertiary/aromatic N) is 1. The van der Waals surface area contributed by atoms with E-state index in [-0.39, 0.29) is 0 Å². The normalized spacial score (nSPS) is 11.3. The van der Waals surface area contributed by atoms with Gasteiger partial charge in [0.05, 0.1) is 5.56 Å². The van der Waals surface area contributed by atoms with Gasteiger partial charge in [-0.2, -0.15) is 0 Å². The van der Waals surface area contributed by atoms with Gasteiger partial charge < -0.3 is 15.0 Å². The number of rotatable bonds is 4. The minimum atomic E-state index is -0.886. The van der Waals surface area contributed by atoms with E-state index in [1.54, 1.807) is 12.1 Å². The third-order valence-electron chi connectivity index (χ3n) is 3.04. The predicted molar refractivity (Wildman–Crippen MR) is 72.0 cm³/mol. The Morgan fingerprint density at radius 1 is 1.39 bits per heavy atom. The summed E-state index contributed by atoms with van der Waals surface area (Å²) in [6, 6.07) is 7.68. The number of aromatic carboxylic acids is 1. The summed E-state index contributed by atoms with van der Waals surface area (Å²) < 4.78 is 2.18. The molecule has 18 heavy (non-hydrogen) atoms. The highest BCUT2D eigenvalue weighted by Crippen LogP contribution is 2.25. The van der Waals surface area contributed by atoms with Crippen LogP contribution >= 0.6 is 0 Å². The number of fused-ring (bicyclic) bond motifs is 1. The number of carboxylic acid groups (broad SMARTS) is 1. The number of hydrogen-bond donors (Lipinski definition) is 2. The third-order valence-corrected chi connectivity index (χ3v) is 3.04. The first-order chi connectivity index (χ1) is 8.54. The summed E-state index contributed by atoms with van der Waals surface area (Å²) in [5, 5.41) is 13.3. The largest absolute Gasteiger partial charge is 0.478 e. The van der Waals surface area contributed by atoms with Crippen LogP contribution in [0.3, 0.4) is 0 Å². The standard InChI is InChI=1S/C14H18N2O2/c1-9(2)16-12(8-15-3)6-10-4-5-11(14(17)18)7-13(10)16/h4-7,9,15H,8H2,1-3H3,(H,17,18). The summed E-state index contributed by atoms with van der Waals surface area (Å²) >= 11 is 0. The average molecular weight is 246 g/mol. The van der Waals surface area contributed by atoms with E-state index in [0.717, 1.165) is 17.4 Å². The van der Waals surface area contributed by atoms with Gasteiger partial charge in [0.1, 0.15) is 0 Å². The highest BCUT2D eigenvalue weighted by atomic mass is 16.4. The van der Waals surface area contributed by atoms with Gasteiger partial charge in [-0.15, -0.1) is 0 Å². The Bertz CT molecular complexity index is 585. The van der Waals surface area contributed by atoms with Crippen LogP contribution in [0, 0.1) is 0 Å². The van der Waals surface area contributed by atoms with Crippen molar-refractivity contribution in [3.8, 4) is 0 Å². The van der Waals surface area contributed by atoms with E-state index in [4.69, 9.17) is 5.11 Å². The van der Waals surface area contributed by atoms with E-state index in [1.165, 1.54) is 5.69 Å². The third kappa shape index (κ3) is 2.11. The SMILES string of the molecule is CNCc1cc2ccc(C(=O)O)cc2n1C(C)C. The minimum Gasteiger partial charge on any atom is -0.478 e. The van der Waals surface area contributed by atoms with Crippen molar-refractivity contribution in [2.75, 3.05) is 7.05 Å². The Morgan fingerprint density at radius 2 is 2.11 bits per heavy atom. The van der Waals surface area contributed by atoms with Crippen LogP contribution in [0.15, 0.2) is 24.3 Å². The smallest absolute Gasteiger partial charge is 0.335 e. The lowest BCUT2D eigenvalue weighted by Gasteiger charge is -2.14. The molecule has 1 aromatic heterocycles. The molecule has 96 valence electrons. The molecule has 0 aliphatic rings. The zero-order chi connectivity index (χ0) is 13.3. The molecule has 2 rings (SSSR count). The second-order valence-corrected chi connectivity index (χ2v) is 4.71. The first-order valence-corrected chi connectivity index (χ1v) is 6.06. The topological polar surface area (TPSA) is 54.3 Å². The molecule has 0 saturated carbocycles. The van der Waals surface area contributed by atoms with Crippen LogP contribution in [0.4, 0.5) is 0 Å². The van der Waals surface area contributed by atoms with Crippen molar-refractivity contribution < 1.29 is 9.90 Å². The highest BCUT2D eigenvalue weighted by molar-refractivity contribution is 5.93. The maximum atomic E-state index is 11.0. The second-order valence-electron chi connectivity index (χ2n) is 4.71. The fraction of sp³-hybridized carbons (Fsp3) is 0.357. The maximum Gasteiger partial charge on any atom is 0.335 e. The molecule has 2 aromatic rings. The Morgan fingerprint density at radius 3 is 2.67 bits per heavy atom. The molecular weight excluding hydrogens is 228 g/mol.